The molecule has 1 heterocycles. The summed E-state index contributed by atoms with van der Waals surface area (Å²) in [4.78, 5) is 23.7. The molecule has 2 amide bonds. The van der Waals surface area contributed by atoms with Crippen molar-refractivity contribution in [2.45, 2.75) is 32.4 Å². The molecule has 1 unspecified atom stereocenters. The van der Waals surface area contributed by atoms with Crippen LogP contribution in [0.5, 0.6) is 0 Å². The lowest BCUT2D eigenvalue weighted by molar-refractivity contribution is -0.128. The Morgan fingerprint density at radius 2 is 2.05 bits per heavy atom. The van der Waals surface area contributed by atoms with Crippen LogP contribution in [0.4, 0.5) is 0 Å². The minimum Gasteiger partial charge on any atom is -0.350 e. The van der Waals surface area contributed by atoms with E-state index in [0.29, 0.717) is 0 Å². The normalized spacial score (nSPS) is 12.8. The Balaban J connectivity index is 2.55. The Morgan fingerprint density at radius 3 is 2.50 bits per heavy atom. The zero-order valence-corrected chi connectivity index (χ0v) is 12.7. The fourth-order valence-corrected chi connectivity index (χ4v) is 1.77. The minimum absolute atomic E-state index is 0.0471. The van der Waals surface area contributed by atoms with Gasteiger partial charge < -0.3 is 16.0 Å². The lowest BCUT2D eigenvalue weighted by Gasteiger charge is -2.21. The van der Waals surface area contributed by atoms with Gasteiger partial charge in [-0.2, -0.15) is 5.10 Å². The van der Waals surface area contributed by atoms with Crippen LogP contribution in [0.1, 0.15) is 32.4 Å². The summed E-state index contributed by atoms with van der Waals surface area (Å²) >= 11 is 0. The van der Waals surface area contributed by atoms with Crippen LogP contribution in [0.3, 0.4) is 0 Å². The maximum absolute atomic E-state index is 12.1. The lowest BCUT2D eigenvalue weighted by Crippen LogP contribution is -2.47. The highest BCUT2D eigenvalue weighted by Gasteiger charge is 2.21. The SMILES string of the molecule is CNC(C(=O)NCC(=O)NC(C)(C)C)c1cnn(C)c1. The average Bonchev–Trinajstić information content (AvgIpc) is 2.72. The lowest BCUT2D eigenvalue weighted by atomic mass is 10.1. The number of carbonyl (C=O) groups is 2. The van der Waals surface area contributed by atoms with Gasteiger partial charge in [0.1, 0.15) is 6.04 Å². The van der Waals surface area contributed by atoms with Crippen LogP contribution in [0.25, 0.3) is 0 Å². The van der Waals surface area contributed by atoms with Gasteiger partial charge in [-0.1, -0.05) is 0 Å². The quantitative estimate of drug-likeness (QED) is 0.692. The molecule has 0 spiro atoms. The number of nitrogens with one attached hydrogen (secondary N) is 3. The van der Waals surface area contributed by atoms with Crippen LogP contribution >= 0.6 is 0 Å². The van der Waals surface area contributed by atoms with Gasteiger partial charge in [-0.25, -0.2) is 0 Å². The van der Waals surface area contributed by atoms with Gasteiger partial charge in [-0.3, -0.25) is 14.3 Å². The van der Waals surface area contributed by atoms with Gasteiger partial charge in [-0.15, -0.1) is 0 Å². The topological polar surface area (TPSA) is 88.1 Å². The van der Waals surface area contributed by atoms with E-state index in [1.54, 1.807) is 31.2 Å². The van der Waals surface area contributed by atoms with Crippen molar-refractivity contribution in [1.29, 1.82) is 0 Å². The number of rotatable bonds is 5. The molecule has 1 aromatic heterocycles. The van der Waals surface area contributed by atoms with Crippen LogP contribution in [-0.2, 0) is 16.6 Å². The highest BCUT2D eigenvalue weighted by molar-refractivity contribution is 5.88. The molecular formula is C13H23N5O2. The Bertz CT molecular complexity index is 475. The Morgan fingerprint density at radius 1 is 1.40 bits per heavy atom. The van der Waals surface area contributed by atoms with Crippen molar-refractivity contribution >= 4 is 11.8 Å². The summed E-state index contributed by atoms with van der Waals surface area (Å²) in [5.74, 6) is -0.476. The summed E-state index contributed by atoms with van der Waals surface area (Å²) in [7, 11) is 3.47. The second kappa shape index (κ2) is 6.51. The van der Waals surface area contributed by atoms with E-state index >= 15 is 0 Å². The molecule has 0 bridgehead atoms. The van der Waals surface area contributed by atoms with Crippen molar-refractivity contribution in [3.8, 4) is 0 Å². The average molecular weight is 281 g/mol. The van der Waals surface area contributed by atoms with Gasteiger partial charge >= 0.3 is 0 Å². The first-order valence-corrected chi connectivity index (χ1v) is 6.47. The number of aryl methyl sites for hydroxylation is 1. The molecule has 0 saturated heterocycles. The first-order chi connectivity index (χ1) is 9.23. The Hall–Kier alpha value is -1.89. The van der Waals surface area contributed by atoms with Crippen LogP contribution in [0.2, 0.25) is 0 Å². The molecule has 1 rings (SSSR count). The summed E-state index contributed by atoms with van der Waals surface area (Å²) in [6, 6.07) is -0.522. The van der Waals surface area contributed by atoms with Crippen molar-refractivity contribution in [3.05, 3.63) is 18.0 Å². The first kappa shape index (κ1) is 16.2. The van der Waals surface area contributed by atoms with E-state index in [0.717, 1.165) is 5.56 Å². The molecule has 0 aliphatic carbocycles. The third-order valence-electron chi connectivity index (χ3n) is 2.55. The zero-order valence-electron chi connectivity index (χ0n) is 12.7. The van der Waals surface area contributed by atoms with Gasteiger partial charge in [-0.05, 0) is 27.8 Å². The van der Waals surface area contributed by atoms with Gasteiger partial charge in [0.25, 0.3) is 0 Å². The van der Waals surface area contributed by atoms with Crippen molar-refractivity contribution in [3.63, 3.8) is 0 Å². The maximum atomic E-state index is 12.1. The molecule has 0 fully saturated rings. The number of amides is 2. The van der Waals surface area contributed by atoms with Crippen molar-refractivity contribution in [2.24, 2.45) is 7.05 Å². The smallest absolute Gasteiger partial charge is 0.242 e. The molecule has 1 aromatic rings. The van der Waals surface area contributed by atoms with E-state index in [-0.39, 0.29) is 23.9 Å². The van der Waals surface area contributed by atoms with E-state index in [4.69, 9.17) is 0 Å². The Kier molecular flexibility index (Phi) is 5.26. The summed E-state index contributed by atoms with van der Waals surface area (Å²) in [5, 5.41) is 12.3. The summed E-state index contributed by atoms with van der Waals surface area (Å²) < 4.78 is 1.62. The molecule has 1 atom stereocenters. The molecule has 0 aliphatic heterocycles. The first-order valence-electron chi connectivity index (χ1n) is 6.47. The minimum atomic E-state index is -0.522. The second-order valence-corrected chi connectivity index (χ2v) is 5.69. The number of hydrogen-bond donors (Lipinski definition) is 3. The van der Waals surface area contributed by atoms with Crippen molar-refractivity contribution in [2.75, 3.05) is 13.6 Å². The number of likely N-dealkylation sites (N-methyl/N-ethyl adjacent to an activating group) is 1. The third kappa shape index (κ3) is 5.00. The van der Waals surface area contributed by atoms with E-state index in [9.17, 15) is 9.59 Å². The summed E-state index contributed by atoms with van der Waals surface area (Å²) in [5.41, 5.74) is 0.442. The molecule has 7 nitrogen and oxygen atoms in total. The van der Waals surface area contributed by atoms with E-state index < -0.39 is 6.04 Å². The van der Waals surface area contributed by atoms with E-state index in [2.05, 4.69) is 21.0 Å². The number of aromatic nitrogens is 2. The zero-order chi connectivity index (χ0) is 15.3. The predicted octanol–water partition coefficient (Wildman–Crippen LogP) is -0.288. The fourth-order valence-electron chi connectivity index (χ4n) is 1.77. The third-order valence-corrected chi connectivity index (χ3v) is 2.55. The van der Waals surface area contributed by atoms with Gasteiger partial charge in [0.2, 0.25) is 11.8 Å². The van der Waals surface area contributed by atoms with Crippen molar-refractivity contribution in [1.82, 2.24) is 25.7 Å². The molecule has 0 aliphatic rings. The molecule has 20 heavy (non-hydrogen) atoms. The fraction of sp³-hybridized carbons (Fsp3) is 0.615. The largest absolute Gasteiger partial charge is 0.350 e. The number of nitrogens with zero attached hydrogens (tertiary/aromatic N) is 2. The molecule has 0 radical (unpaired) electrons. The molecule has 7 heteroatoms. The monoisotopic (exact) mass is 281 g/mol. The molecule has 0 saturated carbocycles. The van der Waals surface area contributed by atoms with Crippen LogP contribution in [0, 0.1) is 0 Å². The van der Waals surface area contributed by atoms with E-state index in [1.165, 1.54) is 0 Å². The molecular weight excluding hydrogens is 258 g/mol. The van der Waals surface area contributed by atoms with E-state index in [1.807, 2.05) is 20.8 Å². The second-order valence-electron chi connectivity index (χ2n) is 5.69. The summed E-state index contributed by atoms with van der Waals surface area (Å²) in [6.45, 7) is 5.62. The van der Waals surface area contributed by atoms with Crippen molar-refractivity contribution < 1.29 is 9.59 Å². The Labute approximate surface area is 119 Å². The number of carbonyl (C=O) groups excluding carboxylic acids is 2. The maximum Gasteiger partial charge on any atom is 0.242 e. The standard InChI is InChI=1S/C13H23N5O2/c1-13(2,3)17-10(19)7-15-12(20)11(14-4)9-6-16-18(5)8-9/h6,8,11,14H,7H2,1-5H3,(H,15,20)(H,17,19). The van der Waals surface area contributed by atoms with Crippen LogP contribution in [0.15, 0.2) is 12.4 Å². The molecule has 112 valence electrons. The van der Waals surface area contributed by atoms with Gasteiger partial charge in [0.05, 0.1) is 12.7 Å². The highest BCUT2D eigenvalue weighted by Crippen LogP contribution is 2.10. The number of hydrogen-bond acceptors (Lipinski definition) is 4. The molecule has 3 N–H and O–H groups in total. The highest BCUT2D eigenvalue weighted by atomic mass is 16.2. The predicted molar refractivity (Wildman–Crippen MR) is 75.9 cm³/mol. The van der Waals surface area contributed by atoms with Crippen LogP contribution in [-0.4, -0.2) is 40.7 Å². The summed E-state index contributed by atoms with van der Waals surface area (Å²) in [6.07, 6.45) is 3.38. The van der Waals surface area contributed by atoms with Crippen LogP contribution < -0.4 is 16.0 Å². The van der Waals surface area contributed by atoms with Gasteiger partial charge in [0, 0.05) is 24.3 Å². The van der Waals surface area contributed by atoms with Gasteiger partial charge in [0.15, 0.2) is 0 Å². The molecule has 0 aromatic carbocycles.